The van der Waals surface area contributed by atoms with Crippen LogP contribution in [0.2, 0.25) is 0 Å². The molecule has 0 aliphatic carbocycles. The molecule has 2 aliphatic rings. The minimum absolute atomic E-state index is 0.0558. The van der Waals surface area contributed by atoms with Crippen molar-refractivity contribution >= 4 is 15.9 Å². The highest BCUT2D eigenvalue weighted by Gasteiger charge is 2.28. The maximum absolute atomic E-state index is 12.9. The Morgan fingerprint density at radius 3 is 2.41 bits per heavy atom. The zero-order chi connectivity index (χ0) is 22.6. The lowest BCUT2D eigenvalue weighted by atomic mass is 10.1. The third kappa shape index (κ3) is 5.00. The van der Waals surface area contributed by atoms with Crippen molar-refractivity contribution in [3.63, 3.8) is 0 Å². The van der Waals surface area contributed by atoms with Gasteiger partial charge in [-0.1, -0.05) is 0 Å². The lowest BCUT2D eigenvalue weighted by Crippen LogP contribution is -2.42. The summed E-state index contributed by atoms with van der Waals surface area (Å²) in [5, 5.41) is 0. The molecule has 2 saturated heterocycles. The number of hydrogen-bond acceptors (Lipinski definition) is 8. The SMILES string of the molecule is COc1nccc(OC2CCN(C(=O)c3ccc(S(=O)(=O)N4CCOCC4)cc3)CC2)n1. The molecule has 0 radical (unpaired) electrons. The normalized spacial score (nSPS) is 18.3. The largest absolute Gasteiger partial charge is 0.474 e. The van der Waals surface area contributed by atoms with Gasteiger partial charge in [-0.05, 0) is 24.3 Å². The van der Waals surface area contributed by atoms with E-state index >= 15 is 0 Å². The molecule has 2 aliphatic heterocycles. The van der Waals surface area contributed by atoms with Crippen LogP contribution in [-0.2, 0) is 14.8 Å². The molecule has 1 aromatic carbocycles. The average molecular weight is 463 g/mol. The summed E-state index contributed by atoms with van der Waals surface area (Å²) < 4.78 is 43.0. The second-order valence-corrected chi connectivity index (χ2v) is 9.47. The van der Waals surface area contributed by atoms with E-state index in [0.717, 1.165) is 0 Å². The Morgan fingerprint density at radius 2 is 1.75 bits per heavy atom. The van der Waals surface area contributed by atoms with Crippen molar-refractivity contribution in [2.24, 2.45) is 0 Å². The van der Waals surface area contributed by atoms with E-state index in [9.17, 15) is 13.2 Å². The lowest BCUT2D eigenvalue weighted by Gasteiger charge is -2.32. The fourth-order valence-corrected chi connectivity index (χ4v) is 5.13. The van der Waals surface area contributed by atoms with Crippen LogP contribution in [0.3, 0.4) is 0 Å². The van der Waals surface area contributed by atoms with Crippen LogP contribution in [0.25, 0.3) is 0 Å². The summed E-state index contributed by atoms with van der Waals surface area (Å²) in [6.07, 6.45) is 2.85. The highest BCUT2D eigenvalue weighted by molar-refractivity contribution is 7.89. The summed E-state index contributed by atoms with van der Waals surface area (Å²) in [5.74, 6) is 0.321. The van der Waals surface area contributed by atoms with Crippen molar-refractivity contribution < 1.29 is 27.4 Å². The number of hydrogen-bond donors (Lipinski definition) is 0. The number of ether oxygens (including phenoxy) is 3. The van der Waals surface area contributed by atoms with Gasteiger partial charge >= 0.3 is 6.01 Å². The number of amides is 1. The first-order chi connectivity index (χ1) is 15.5. The second-order valence-electron chi connectivity index (χ2n) is 7.53. The van der Waals surface area contributed by atoms with Crippen molar-refractivity contribution in [3.8, 4) is 11.9 Å². The molecule has 0 bridgehead atoms. The lowest BCUT2D eigenvalue weighted by molar-refractivity contribution is 0.0586. The van der Waals surface area contributed by atoms with Gasteiger partial charge in [0.1, 0.15) is 6.10 Å². The Morgan fingerprint density at radius 1 is 1.06 bits per heavy atom. The quantitative estimate of drug-likeness (QED) is 0.630. The number of benzene rings is 1. The third-order valence-electron chi connectivity index (χ3n) is 5.52. The highest BCUT2D eigenvalue weighted by atomic mass is 32.2. The number of carbonyl (C=O) groups excluding carboxylic acids is 1. The van der Waals surface area contributed by atoms with Gasteiger partial charge in [0, 0.05) is 56.8 Å². The van der Waals surface area contributed by atoms with Crippen LogP contribution < -0.4 is 9.47 Å². The van der Waals surface area contributed by atoms with Gasteiger partial charge in [0.2, 0.25) is 15.9 Å². The van der Waals surface area contributed by atoms with Crippen LogP contribution in [0.5, 0.6) is 11.9 Å². The molecule has 0 saturated carbocycles. The van der Waals surface area contributed by atoms with Gasteiger partial charge in [-0.15, -0.1) is 0 Å². The predicted octanol–water partition coefficient (Wildman–Crippen LogP) is 1.19. The topological polar surface area (TPSA) is 111 Å². The maximum Gasteiger partial charge on any atom is 0.319 e. The Hall–Kier alpha value is -2.76. The first-order valence-corrected chi connectivity index (χ1v) is 11.9. The fourth-order valence-electron chi connectivity index (χ4n) is 3.72. The van der Waals surface area contributed by atoms with Crippen molar-refractivity contribution in [3.05, 3.63) is 42.1 Å². The van der Waals surface area contributed by atoms with E-state index in [4.69, 9.17) is 14.2 Å². The zero-order valence-corrected chi connectivity index (χ0v) is 18.7. The molecule has 2 fully saturated rings. The molecule has 1 aromatic heterocycles. The number of piperidine rings is 1. The van der Waals surface area contributed by atoms with Gasteiger partial charge < -0.3 is 19.1 Å². The maximum atomic E-state index is 12.9. The smallest absolute Gasteiger partial charge is 0.319 e. The van der Waals surface area contributed by atoms with Gasteiger partial charge in [0.25, 0.3) is 5.91 Å². The first kappa shape index (κ1) is 22.4. The molecule has 3 heterocycles. The Labute approximate surface area is 187 Å². The zero-order valence-electron chi connectivity index (χ0n) is 17.8. The van der Waals surface area contributed by atoms with Crippen LogP contribution in [0, 0.1) is 0 Å². The van der Waals surface area contributed by atoms with E-state index in [1.54, 1.807) is 29.3 Å². The number of likely N-dealkylation sites (tertiary alicyclic amines) is 1. The number of carbonyl (C=O) groups is 1. The second kappa shape index (κ2) is 9.80. The standard InChI is InChI=1S/C21H26N4O6S/c1-29-21-22-9-6-19(23-21)31-17-7-10-24(11-8-17)20(26)16-2-4-18(5-3-16)32(27,28)25-12-14-30-15-13-25/h2-6,9,17H,7-8,10-15H2,1H3. The molecular formula is C21H26N4O6S. The molecule has 32 heavy (non-hydrogen) atoms. The minimum atomic E-state index is -3.58. The summed E-state index contributed by atoms with van der Waals surface area (Å²) in [5.41, 5.74) is 0.464. The molecule has 4 rings (SSSR count). The fraction of sp³-hybridized carbons (Fsp3) is 0.476. The van der Waals surface area contributed by atoms with E-state index in [1.807, 2.05) is 0 Å². The monoisotopic (exact) mass is 462 g/mol. The van der Waals surface area contributed by atoms with Gasteiger partial charge in [-0.3, -0.25) is 4.79 Å². The summed E-state index contributed by atoms with van der Waals surface area (Å²) in [7, 11) is -2.09. The number of morpholine rings is 1. The highest BCUT2D eigenvalue weighted by Crippen LogP contribution is 2.22. The third-order valence-corrected chi connectivity index (χ3v) is 7.43. The molecule has 0 spiro atoms. The molecule has 1 amide bonds. The van der Waals surface area contributed by atoms with E-state index < -0.39 is 10.0 Å². The predicted molar refractivity (Wildman–Crippen MR) is 114 cm³/mol. The van der Waals surface area contributed by atoms with Crippen LogP contribution >= 0.6 is 0 Å². The Bertz CT molecular complexity index is 1030. The molecular weight excluding hydrogens is 436 g/mol. The first-order valence-electron chi connectivity index (χ1n) is 10.5. The van der Waals surface area contributed by atoms with Crippen LogP contribution in [0.4, 0.5) is 0 Å². The summed E-state index contributed by atoms with van der Waals surface area (Å²) in [4.78, 5) is 22.9. The molecule has 172 valence electrons. The number of aromatic nitrogens is 2. The van der Waals surface area contributed by atoms with Crippen molar-refractivity contribution in [2.45, 2.75) is 23.8 Å². The van der Waals surface area contributed by atoms with Gasteiger partial charge in [0.15, 0.2) is 0 Å². The summed E-state index contributed by atoms with van der Waals surface area (Å²) in [6.45, 7) is 2.53. The molecule has 0 N–H and O–H groups in total. The van der Waals surface area contributed by atoms with Crippen LogP contribution in [0.1, 0.15) is 23.2 Å². The van der Waals surface area contributed by atoms with Gasteiger partial charge in [0.05, 0.1) is 25.2 Å². The van der Waals surface area contributed by atoms with Crippen LogP contribution in [0.15, 0.2) is 41.4 Å². The summed E-state index contributed by atoms with van der Waals surface area (Å²) >= 11 is 0. The molecule has 11 heteroatoms. The van der Waals surface area contributed by atoms with Gasteiger partial charge in [-0.2, -0.15) is 9.29 Å². The number of sulfonamides is 1. The van der Waals surface area contributed by atoms with E-state index in [0.29, 0.717) is 63.7 Å². The number of methoxy groups -OCH3 is 1. The van der Waals surface area contributed by atoms with Crippen LogP contribution in [-0.4, -0.2) is 86.1 Å². The van der Waals surface area contributed by atoms with Crippen molar-refractivity contribution in [1.29, 1.82) is 0 Å². The number of rotatable bonds is 6. The molecule has 10 nitrogen and oxygen atoms in total. The van der Waals surface area contributed by atoms with E-state index in [-0.39, 0.29) is 22.9 Å². The van der Waals surface area contributed by atoms with Crippen molar-refractivity contribution in [2.75, 3.05) is 46.5 Å². The van der Waals surface area contributed by atoms with E-state index in [1.165, 1.54) is 23.5 Å². The average Bonchev–Trinajstić information content (AvgIpc) is 2.85. The Balaban J connectivity index is 1.34. The van der Waals surface area contributed by atoms with E-state index in [2.05, 4.69) is 9.97 Å². The number of nitrogens with zero attached hydrogens (tertiary/aromatic N) is 4. The Kier molecular flexibility index (Phi) is 6.87. The molecule has 2 aromatic rings. The summed E-state index contributed by atoms with van der Waals surface area (Å²) in [6, 6.07) is 8.06. The van der Waals surface area contributed by atoms with Crippen molar-refractivity contribution in [1.82, 2.24) is 19.2 Å². The molecule has 0 unspecified atom stereocenters. The van der Waals surface area contributed by atoms with Gasteiger partial charge in [-0.25, -0.2) is 13.4 Å². The molecule has 0 atom stereocenters. The minimum Gasteiger partial charge on any atom is -0.474 e.